The smallest absolute Gasteiger partial charge is 0.341 e. The highest BCUT2D eigenvalue weighted by Gasteiger charge is 2.20. The Morgan fingerprint density at radius 1 is 1.20 bits per heavy atom. The number of nitrogen functional groups attached to an aromatic ring is 2. The Bertz CT molecular complexity index is 954. The van der Waals surface area contributed by atoms with Gasteiger partial charge in [-0.2, -0.15) is 0 Å². The summed E-state index contributed by atoms with van der Waals surface area (Å²) in [6.45, 7) is 0. The van der Waals surface area contributed by atoms with Crippen LogP contribution in [0.25, 0.3) is 5.52 Å². The van der Waals surface area contributed by atoms with Crippen LogP contribution in [-0.2, 0) is 4.74 Å². The maximum atomic E-state index is 12.8. The van der Waals surface area contributed by atoms with Gasteiger partial charge >= 0.3 is 5.97 Å². The lowest BCUT2D eigenvalue weighted by Gasteiger charge is -2.07. The number of nitrogens with two attached hydrogens (primary N) is 2. The fourth-order valence-electron chi connectivity index (χ4n) is 2.35. The van der Waals surface area contributed by atoms with Crippen molar-refractivity contribution in [1.29, 1.82) is 0 Å². The zero-order valence-electron chi connectivity index (χ0n) is 12.9. The Balaban J connectivity index is 0.00000225. The molecule has 2 aromatic heterocycles. The Morgan fingerprint density at radius 3 is 2.68 bits per heavy atom. The molecule has 9 heteroatoms. The largest absolute Gasteiger partial charge is 0.446 e. The van der Waals surface area contributed by atoms with Crippen molar-refractivity contribution < 1.29 is 19.8 Å². The normalized spacial score (nSPS) is 10.3. The summed E-state index contributed by atoms with van der Waals surface area (Å²) in [6, 6.07) is 9.32. The van der Waals surface area contributed by atoms with Crippen LogP contribution in [0, 0.1) is 0 Å². The van der Waals surface area contributed by atoms with Crippen LogP contribution in [0.2, 0.25) is 0 Å². The highest BCUT2D eigenvalue weighted by Crippen LogP contribution is 2.21. The number of ketones is 1. The van der Waals surface area contributed by atoms with Gasteiger partial charge in [0.05, 0.1) is 11.1 Å². The number of ether oxygens (including phenoxy) is 1. The van der Waals surface area contributed by atoms with E-state index in [1.807, 2.05) is 0 Å². The molecule has 3 rings (SSSR count). The Morgan fingerprint density at radius 2 is 1.96 bits per heavy atom. The second-order valence-electron chi connectivity index (χ2n) is 4.95. The zero-order chi connectivity index (χ0) is 17.3. The number of benzene rings is 1. The third-order valence-corrected chi connectivity index (χ3v) is 3.61. The molecule has 0 bridgehead atoms. The molecular formula is C16H15ClN4O4. The molecule has 130 valence electrons. The molecule has 25 heavy (non-hydrogen) atoms. The van der Waals surface area contributed by atoms with Gasteiger partial charge in [-0.15, -0.1) is 0 Å². The number of carbonyl (C=O) groups is 2. The second-order valence-corrected chi connectivity index (χ2v) is 5.17. The SMILES string of the molecule is Nc1ccc(C(=O)c2nc(N)c3ccccn23)cc1C(=O)OCCl.O. The molecule has 0 aliphatic rings. The number of pyridine rings is 1. The quantitative estimate of drug-likeness (QED) is 0.309. The first-order chi connectivity index (χ1) is 11.5. The van der Waals surface area contributed by atoms with Crippen LogP contribution in [0.3, 0.4) is 0 Å². The van der Waals surface area contributed by atoms with E-state index in [-0.39, 0.29) is 40.0 Å². The minimum Gasteiger partial charge on any atom is -0.446 e. The fourth-order valence-corrected chi connectivity index (χ4v) is 2.45. The highest BCUT2D eigenvalue weighted by molar-refractivity contribution is 6.18. The van der Waals surface area contributed by atoms with Crippen molar-refractivity contribution in [3.8, 4) is 0 Å². The van der Waals surface area contributed by atoms with E-state index < -0.39 is 11.8 Å². The van der Waals surface area contributed by atoms with E-state index in [2.05, 4.69) is 4.98 Å². The van der Waals surface area contributed by atoms with Crippen molar-refractivity contribution in [2.24, 2.45) is 0 Å². The molecule has 0 fully saturated rings. The van der Waals surface area contributed by atoms with E-state index in [0.29, 0.717) is 5.52 Å². The van der Waals surface area contributed by atoms with Crippen molar-refractivity contribution in [2.45, 2.75) is 0 Å². The summed E-state index contributed by atoms with van der Waals surface area (Å²) in [5, 5.41) is 0. The molecule has 3 aromatic rings. The topological polar surface area (TPSA) is 144 Å². The van der Waals surface area contributed by atoms with Crippen LogP contribution in [0.5, 0.6) is 0 Å². The van der Waals surface area contributed by atoms with E-state index in [9.17, 15) is 9.59 Å². The lowest BCUT2D eigenvalue weighted by atomic mass is 10.0. The predicted octanol–water partition coefficient (Wildman–Crippen LogP) is 1.26. The number of imidazole rings is 1. The molecule has 8 nitrogen and oxygen atoms in total. The maximum Gasteiger partial charge on any atom is 0.341 e. The molecule has 6 N–H and O–H groups in total. The summed E-state index contributed by atoms with van der Waals surface area (Å²) >= 11 is 5.39. The minimum absolute atomic E-state index is 0. The molecule has 0 aliphatic heterocycles. The molecular weight excluding hydrogens is 348 g/mol. The van der Waals surface area contributed by atoms with Gasteiger partial charge in [0.2, 0.25) is 5.78 Å². The third-order valence-electron chi connectivity index (χ3n) is 3.50. The lowest BCUT2D eigenvalue weighted by Crippen LogP contribution is -2.11. The van der Waals surface area contributed by atoms with E-state index in [1.165, 1.54) is 18.2 Å². The summed E-state index contributed by atoms with van der Waals surface area (Å²) in [5.41, 5.74) is 12.7. The van der Waals surface area contributed by atoms with Gasteiger partial charge in [0.15, 0.2) is 11.9 Å². The Labute approximate surface area is 147 Å². The van der Waals surface area contributed by atoms with Crippen molar-refractivity contribution in [3.63, 3.8) is 0 Å². The Kier molecular flexibility index (Phi) is 5.26. The summed E-state index contributed by atoms with van der Waals surface area (Å²) in [7, 11) is 0. The summed E-state index contributed by atoms with van der Waals surface area (Å²) in [6.07, 6.45) is 1.69. The van der Waals surface area contributed by atoms with Crippen LogP contribution < -0.4 is 11.5 Å². The van der Waals surface area contributed by atoms with E-state index in [0.717, 1.165) is 0 Å². The summed E-state index contributed by atoms with van der Waals surface area (Å²) < 4.78 is 6.31. The number of fused-ring (bicyclic) bond motifs is 1. The number of anilines is 2. The number of hydrogen-bond donors (Lipinski definition) is 2. The summed E-state index contributed by atoms with van der Waals surface area (Å²) in [5.74, 6) is -0.710. The highest BCUT2D eigenvalue weighted by atomic mass is 35.5. The van der Waals surface area contributed by atoms with Gasteiger partial charge in [0, 0.05) is 17.4 Å². The number of esters is 1. The molecule has 2 heterocycles. The molecule has 0 amide bonds. The average molecular weight is 363 g/mol. The number of alkyl halides is 1. The first kappa shape index (κ1) is 18.2. The fraction of sp³-hybridized carbons (Fsp3) is 0.0625. The van der Waals surface area contributed by atoms with Gasteiger partial charge in [0.1, 0.15) is 5.82 Å². The number of nitrogens with zero attached hydrogens (tertiary/aromatic N) is 2. The third kappa shape index (κ3) is 3.25. The summed E-state index contributed by atoms with van der Waals surface area (Å²) in [4.78, 5) is 28.7. The molecule has 0 aliphatic carbocycles. The number of rotatable bonds is 4. The molecule has 0 saturated heterocycles. The number of carbonyl (C=O) groups excluding carboxylic acids is 2. The molecule has 0 saturated carbocycles. The van der Waals surface area contributed by atoms with Gasteiger partial charge in [-0.3, -0.25) is 9.20 Å². The molecule has 0 radical (unpaired) electrons. The van der Waals surface area contributed by atoms with E-state index in [4.69, 9.17) is 27.8 Å². The second kappa shape index (κ2) is 7.20. The molecule has 1 aromatic carbocycles. The lowest BCUT2D eigenvalue weighted by molar-refractivity contribution is 0.0575. The molecule has 0 spiro atoms. The van der Waals surface area contributed by atoms with Crippen LogP contribution >= 0.6 is 11.6 Å². The predicted molar refractivity (Wildman–Crippen MR) is 93.6 cm³/mol. The van der Waals surface area contributed by atoms with E-state index in [1.54, 1.807) is 28.8 Å². The van der Waals surface area contributed by atoms with Crippen LogP contribution in [0.15, 0.2) is 42.6 Å². The number of halogens is 1. The monoisotopic (exact) mass is 362 g/mol. The van der Waals surface area contributed by atoms with Crippen LogP contribution in [0.1, 0.15) is 26.5 Å². The van der Waals surface area contributed by atoms with Crippen molar-refractivity contribution in [2.75, 3.05) is 17.5 Å². The van der Waals surface area contributed by atoms with Gasteiger partial charge in [-0.1, -0.05) is 17.7 Å². The molecule has 0 atom stereocenters. The first-order valence-corrected chi connectivity index (χ1v) is 7.46. The van der Waals surface area contributed by atoms with Crippen molar-refractivity contribution in [1.82, 2.24) is 9.38 Å². The molecule has 0 unspecified atom stereocenters. The van der Waals surface area contributed by atoms with Gasteiger partial charge < -0.3 is 21.7 Å². The zero-order valence-corrected chi connectivity index (χ0v) is 13.7. The maximum absolute atomic E-state index is 12.8. The van der Waals surface area contributed by atoms with Gasteiger partial charge in [0.25, 0.3) is 0 Å². The van der Waals surface area contributed by atoms with Crippen LogP contribution in [-0.4, -0.2) is 32.7 Å². The first-order valence-electron chi connectivity index (χ1n) is 6.92. The average Bonchev–Trinajstić information content (AvgIpc) is 2.92. The number of aromatic nitrogens is 2. The number of hydrogen-bond acceptors (Lipinski definition) is 6. The standard InChI is InChI=1S/C16H13ClN4O3.H2O/c17-8-24-16(23)10-7-9(4-5-11(10)18)13(22)15-20-14(19)12-3-1-2-6-21(12)15;/h1-7H,8,18-19H2;1H2. The minimum atomic E-state index is -0.704. The van der Waals surface area contributed by atoms with Crippen molar-refractivity contribution in [3.05, 3.63) is 59.5 Å². The van der Waals surface area contributed by atoms with Gasteiger partial charge in [-0.05, 0) is 30.3 Å². The van der Waals surface area contributed by atoms with Crippen molar-refractivity contribution >= 4 is 40.4 Å². The Hall–Kier alpha value is -3.10. The van der Waals surface area contributed by atoms with Crippen LogP contribution in [0.4, 0.5) is 11.5 Å². The van der Waals surface area contributed by atoms with Gasteiger partial charge in [-0.25, -0.2) is 9.78 Å². The van der Waals surface area contributed by atoms with E-state index >= 15 is 0 Å².